The smallest absolute Gasteiger partial charge is 0.191 e. The minimum atomic E-state index is -1.46. The van der Waals surface area contributed by atoms with E-state index in [1.807, 2.05) is 0 Å². The van der Waals surface area contributed by atoms with Crippen molar-refractivity contribution in [1.82, 2.24) is 0 Å². The maximum absolute atomic E-state index is 6.48. The Kier molecular flexibility index (Phi) is 4.85. The largest absolute Gasteiger partial charge is 0.385 e. The summed E-state index contributed by atoms with van der Waals surface area (Å²) in [6.07, 6.45) is 5.45. The van der Waals surface area contributed by atoms with E-state index < -0.39 is 16.1 Å². The molecule has 17 heavy (non-hydrogen) atoms. The standard InChI is InChI=1S/C13H29OPSi2/c1-13(10-8-9-11-13)12(14-16(2,3)4)15-17(5,6)7/h8-11H2,1-7H3. The molecule has 0 aromatic heterocycles. The molecule has 0 aliphatic heterocycles. The van der Waals surface area contributed by atoms with Crippen LogP contribution in [-0.4, -0.2) is 21.5 Å². The number of hydrogen-bond acceptors (Lipinski definition) is 1. The fourth-order valence-corrected chi connectivity index (χ4v) is 8.23. The van der Waals surface area contributed by atoms with Crippen LogP contribution in [0.3, 0.4) is 0 Å². The van der Waals surface area contributed by atoms with Gasteiger partial charge in [0, 0.05) is 5.41 Å². The van der Waals surface area contributed by atoms with E-state index in [0.717, 1.165) is 0 Å². The third kappa shape index (κ3) is 5.38. The molecule has 1 fully saturated rings. The molecule has 0 aromatic rings. The van der Waals surface area contributed by atoms with Crippen LogP contribution in [0, 0.1) is 5.41 Å². The van der Waals surface area contributed by atoms with E-state index in [0.29, 0.717) is 5.41 Å². The lowest BCUT2D eigenvalue weighted by molar-refractivity contribution is 0.397. The molecule has 0 atom stereocenters. The first kappa shape index (κ1) is 15.6. The van der Waals surface area contributed by atoms with E-state index in [4.69, 9.17) is 4.43 Å². The summed E-state index contributed by atoms with van der Waals surface area (Å²) in [7, 11) is -1.02. The van der Waals surface area contributed by atoms with Crippen LogP contribution in [0.15, 0.2) is 0 Å². The molecule has 1 rings (SSSR count). The number of hydrogen-bond donors (Lipinski definition) is 0. The van der Waals surface area contributed by atoms with E-state index in [-0.39, 0.29) is 0 Å². The van der Waals surface area contributed by atoms with Gasteiger partial charge in [-0.1, -0.05) is 47.2 Å². The van der Waals surface area contributed by atoms with Crippen LogP contribution in [0.2, 0.25) is 39.3 Å². The van der Waals surface area contributed by atoms with Gasteiger partial charge < -0.3 is 4.43 Å². The Bertz CT molecular complexity index is 294. The second kappa shape index (κ2) is 5.28. The highest BCUT2D eigenvalue weighted by Gasteiger charge is 2.37. The third-order valence-corrected chi connectivity index (χ3v) is 8.18. The highest BCUT2D eigenvalue weighted by Crippen LogP contribution is 2.43. The molecule has 0 spiro atoms. The van der Waals surface area contributed by atoms with Crippen molar-refractivity contribution in [3.8, 4) is 0 Å². The molecule has 0 unspecified atom stereocenters. The van der Waals surface area contributed by atoms with Crippen LogP contribution in [-0.2, 0) is 4.43 Å². The maximum atomic E-state index is 6.48. The van der Waals surface area contributed by atoms with Crippen molar-refractivity contribution in [3.05, 3.63) is 0 Å². The molecule has 1 nitrogen and oxygen atoms in total. The summed E-state index contributed by atoms with van der Waals surface area (Å²) in [6, 6.07) is 0. The lowest BCUT2D eigenvalue weighted by Gasteiger charge is -2.33. The molecule has 0 aromatic carbocycles. The molecule has 0 N–H and O–H groups in total. The van der Waals surface area contributed by atoms with Crippen molar-refractivity contribution < 1.29 is 4.43 Å². The molecule has 1 aliphatic rings. The van der Waals surface area contributed by atoms with Gasteiger partial charge in [0.1, 0.15) is 7.74 Å². The zero-order valence-corrected chi connectivity index (χ0v) is 15.6. The van der Waals surface area contributed by atoms with E-state index in [1.54, 1.807) is 0 Å². The molecule has 0 bridgehead atoms. The molecule has 0 radical (unpaired) electrons. The predicted octanol–water partition coefficient (Wildman–Crippen LogP) is 5.33. The van der Waals surface area contributed by atoms with Gasteiger partial charge >= 0.3 is 0 Å². The highest BCUT2D eigenvalue weighted by atomic mass is 31.3. The topological polar surface area (TPSA) is 9.23 Å². The summed E-state index contributed by atoms with van der Waals surface area (Å²) in [5.74, 6) is 0. The molecular weight excluding hydrogens is 259 g/mol. The van der Waals surface area contributed by atoms with E-state index in [1.165, 1.54) is 38.9 Å². The first-order valence-corrected chi connectivity index (χ1v) is 15.5. The van der Waals surface area contributed by atoms with Gasteiger partial charge in [-0.25, -0.2) is 0 Å². The van der Waals surface area contributed by atoms with Crippen LogP contribution in [0.1, 0.15) is 32.6 Å². The summed E-state index contributed by atoms with van der Waals surface area (Å²) in [5.41, 5.74) is 1.82. The molecule has 0 heterocycles. The normalized spacial score (nSPS) is 21.9. The van der Waals surface area contributed by atoms with Crippen LogP contribution >= 0.6 is 7.75 Å². The van der Waals surface area contributed by atoms with Crippen molar-refractivity contribution in [2.45, 2.75) is 71.9 Å². The van der Waals surface area contributed by atoms with Crippen LogP contribution in [0.25, 0.3) is 0 Å². The Labute approximate surface area is 111 Å². The Balaban J connectivity index is 2.98. The van der Waals surface area contributed by atoms with E-state index >= 15 is 0 Å². The lowest BCUT2D eigenvalue weighted by Crippen LogP contribution is -2.37. The molecule has 0 saturated heterocycles. The molecule has 1 aliphatic carbocycles. The van der Waals surface area contributed by atoms with Gasteiger partial charge in [0.05, 0.1) is 5.48 Å². The van der Waals surface area contributed by atoms with Gasteiger partial charge in [0.25, 0.3) is 0 Å². The van der Waals surface area contributed by atoms with Gasteiger partial charge in [-0.2, -0.15) is 0 Å². The number of rotatable bonds is 4. The zero-order valence-electron chi connectivity index (χ0n) is 12.7. The maximum Gasteiger partial charge on any atom is 0.191 e. The van der Waals surface area contributed by atoms with Crippen LogP contribution < -0.4 is 0 Å². The Morgan fingerprint density at radius 3 is 1.82 bits per heavy atom. The molecule has 0 amide bonds. The van der Waals surface area contributed by atoms with E-state index in [9.17, 15) is 0 Å². The monoisotopic (exact) mass is 288 g/mol. The van der Waals surface area contributed by atoms with Gasteiger partial charge in [0.15, 0.2) is 8.32 Å². The predicted molar refractivity (Wildman–Crippen MR) is 86.3 cm³/mol. The van der Waals surface area contributed by atoms with Crippen LogP contribution in [0.5, 0.6) is 0 Å². The Morgan fingerprint density at radius 1 is 1.00 bits per heavy atom. The average molecular weight is 289 g/mol. The SMILES string of the molecule is CC1(C(O[Si](C)(C)C)=P[Si](C)(C)C)CCCC1. The quantitative estimate of drug-likeness (QED) is 0.502. The van der Waals surface area contributed by atoms with Gasteiger partial charge in [0.2, 0.25) is 0 Å². The van der Waals surface area contributed by atoms with Gasteiger partial charge in [-0.3, -0.25) is 0 Å². The average Bonchev–Trinajstić information content (AvgIpc) is 2.47. The summed E-state index contributed by atoms with van der Waals surface area (Å²) in [6.45, 7) is 16.7. The van der Waals surface area contributed by atoms with Crippen LogP contribution in [0.4, 0.5) is 0 Å². The molecule has 1 saturated carbocycles. The summed E-state index contributed by atoms with van der Waals surface area (Å²) in [4.78, 5) is 0. The van der Waals surface area contributed by atoms with Gasteiger partial charge in [-0.15, -0.1) is 0 Å². The third-order valence-electron chi connectivity index (χ3n) is 3.06. The first-order chi connectivity index (χ1) is 7.52. The van der Waals surface area contributed by atoms with Crippen molar-refractivity contribution in [3.63, 3.8) is 0 Å². The van der Waals surface area contributed by atoms with Crippen molar-refractivity contribution in [1.29, 1.82) is 0 Å². The summed E-state index contributed by atoms with van der Waals surface area (Å²) < 4.78 is 6.48. The Morgan fingerprint density at radius 2 is 1.47 bits per heavy atom. The second-order valence-corrected chi connectivity index (χ2v) is 21.7. The molecular formula is C13H29OPSi2. The summed E-state index contributed by atoms with van der Waals surface area (Å²) in [5, 5.41) is 0. The van der Waals surface area contributed by atoms with Gasteiger partial charge in [-0.05, 0) is 32.5 Å². The minimum Gasteiger partial charge on any atom is -0.385 e. The van der Waals surface area contributed by atoms with Crippen molar-refractivity contribution >= 4 is 29.3 Å². The zero-order chi connectivity index (χ0) is 13.3. The fraction of sp³-hybridized carbons (Fsp3) is 0.923. The fourth-order valence-electron chi connectivity index (χ4n) is 2.24. The highest BCUT2D eigenvalue weighted by molar-refractivity contribution is 7.81. The summed E-state index contributed by atoms with van der Waals surface area (Å²) >= 11 is 0. The lowest BCUT2D eigenvalue weighted by atomic mass is 9.90. The Hall–Kier alpha value is 0.564. The van der Waals surface area contributed by atoms with Crippen molar-refractivity contribution in [2.24, 2.45) is 5.41 Å². The van der Waals surface area contributed by atoms with Crippen molar-refractivity contribution in [2.75, 3.05) is 0 Å². The second-order valence-electron chi connectivity index (χ2n) is 7.57. The minimum absolute atomic E-state index is 0.377. The van der Waals surface area contributed by atoms with E-state index in [2.05, 4.69) is 46.2 Å². The molecule has 100 valence electrons. The molecule has 4 heteroatoms. The first-order valence-electron chi connectivity index (χ1n) is 6.81.